The lowest BCUT2D eigenvalue weighted by molar-refractivity contribution is -0.131. The van der Waals surface area contributed by atoms with E-state index in [1.807, 2.05) is 4.90 Å². The normalized spacial score (nSPS) is 12.3. The van der Waals surface area contributed by atoms with Crippen LogP contribution in [0.15, 0.2) is 12.1 Å². The largest absolute Gasteiger partial charge is 0.336 e. The fraction of sp³-hybridized carbons (Fsp3) is 0.632. The highest BCUT2D eigenvalue weighted by atomic mass is 16.2. The van der Waals surface area contributed by atoms with Gasteiger partial charge in [-0.3, -0.25) is 4.79 Å². The molecule has 118 valence electrons. The number of unbranched alkanes of at least 4 members (excludes halogenated alkanes) is 2. The molecule has 21 heavy (non-hydrogen) atoms. The Bertz CT molecular complexity index is 455. The average Bonchev–Trinajstić information content (AvgIpc) is 2.37. The van der Waals surface area contributed by atoms with Crippen LogP contribution in [0.25, 0.3) is 0 Å². The van der Waals surface area contributed by atoms with Gasteiger partial charge in [-0.1, -0.05) is 43.9 Å². The predicted octanol–water partition coefficient (Wildman–Crippen LogP) is 4.93. The molecule has 1 atom stereocenters. The van der Waals surface area contributed by atoms with E-state index in [9.17, 15) is 4.79 Å². The molecule has 2 heteroatoms. The van der Waals surface area contributed by atoms with E-state index in [4.69, 9.17) is 0 Å². The maximum Gasteiger partial charge on any atom is 0.219 e. The van der Waals surface area contributed by atoms with Gasteiger partial charge in [0, 0.05) is 19.5 Å². The standard InChI is InChI=1S/C19H31NO/c1-7-8-9-10-17(5)20(18(6)21)13-19-15(3)11-14(2)12-16(19)4/h11-12,17H,7-10,13H2,1-6H3. The third-order valence-corrected chi connectivity index (χ3v) is 4.33. The summed E-state index contributed by atoms with van der Waals surface area (Å²) in [6.45, 7) is 13.2. The summed E-state index contributed by atoms with van der Waals surface area (Å²) < 4.78 is 0. The van der Waals surface area contributed by atoms with E-state index in [2.05, 4.69) is 46.8 Å². The predicted molar refractivity (Wildman–Crippen MR) is 90.5 cm³/mol. The lowest BCUT2D eigenvalue weighted by Crippen LogP contribution is -2.37. The van der Waals surface area contributed by atoms with Gasteiger partial charge in [0.2, 0.25) is 5.91 Å². The zero-order valence-electron chi connectivity index (χ0n) is 14.6. The molecule has 0 radical (unpaired) electrons. The van der Waals surface area contributed by atoms with Crippen LogP contribution in [0.3, 0.4) is 0 Å². The van der Waals surface area contributed by atoms with Crippen molar-refractivity contribution in [2.75, 3.05) is 0 Å². The van der Waals surface area contributed by atoms with E-state index in [0.717, 1.165) is 13.0 Å². The number of amides is 1. The molecule has 1 aromatic rings. The zero-order chi connectivity index (χ0) is 16.0. The van der Waals surface area contributed by atoms with Crippen molar-refractivity contribution in [2.24, 2.45) is 0 Å². The van der Waals surface area contributed by atoms with Crippen LogP contribution in [-0.2, 0) is 11.3 Å². The molecular formula is C19H31NO. The van der Waals surface area contributed by atoms with E-state index in [0.29, 0.717) is 6.04 Å². The summed E-state index contributed by atoms with van der Waals surface area (Å²) in [4.78, 5) is 14.1. The van der Waals surface area contributed by atoms with Crippen molar-refractivity contribution in [1.29, 1.82) is 0 Å². The molecule has 2 nitrogen and oxygen atoms in total. The molecule has 0 saturated carbocycles. The minimum absolute atomic E-state index is 0.179. The molecule has 1 rings (SSSR count). The average molecular weight is 289 g/mol. The van der Waals surface area contributed by atoms with Crippen LogP contribution in [0.5, 0.6) is 0 Å². The van der Waals surface area contributed by atoms with Crippen LogP contribution >= 0.6 is 0 Å². The van der Waals surface area contributed by atoms with Gasteiger partial charge in [0.25, 0.3) is 0 Å². The first-order valence-electron chi connectivity index (χ1n) is 8.20. The quantitative estimate of drug-likeness (QED) is 0.652. The number of benzene rings is 1. The molecular weight excluding hydrogens is 258 g/mol. The summed E-state index contributed by atoms with van der Waals surface area (Å²) in [6, 6.07) is 4.74. The number of hydrogen-bond donors (Lipinski definition) is 0. The van der Waals surface area contributed by atoms with E-state index in [1.165, 1.54) is 41.5 Å². The summed E-state index contributed by atoms with van der Waals surface area (Å²) in [5.41, 5.74) is 5.18. The van der Waals surface area contributed by atoms with Crippen LogP contribution < -0.4 is 0 Å². The van der Waals surface area contributed by atoms with Gasteiger partial charge in [0.05, 0.1) is 0 Å². The first kappa shape index (κ1) is 17.7. The van der Waals surface area contributed by atoms with Crippen molar-refractivity contribution in [2.45, 2.75) is 79.8 Å². The Morgan fingerprint density at radius 2 is 1.71 bits per heavy atom. The van der Waals surface area contributed by atoms with Gasteiger partial charge in [0.1, 0.15) is 0 Å². The van der Waals surface area contributed by atoms with Gasteiger partial charge < -0.3 is 4.90 Å². The number of carbonyl (C=O) groups excluding carboxylic acids is 1. The molecule has 0 N–H and O–H groups in total. The Kier molecular flexibility index (Phi) is 6.94. The highest BCUT2D eigenvalue weighted by molar-refractivity contribution is 5.73. The molecule has 0 fully saturated rings. The van der Waals surface area contributed by atoms with Crippen molar-refractivity contribution in [3.63, 3.8) is 0 Å². The van der Waals surface area contributed by atoms with Crippen LogP contribution in [0.4, 0.5) is 0 Å². The Labute approximate surface area is 130 Å². The SMILES string of the molecule is CCCCCC(C)N(Cc1c(C)cc(C)cc1C)C(C)=O. The van der Waals surface area contributed by atoms with Gasteiger partial charge in [-0.15, -0.1) is 0 Å². The first-order chi connectivity index (χ1) is 9.86. The lowest BCUT2D eigenvalue weighted by Gasteiger charge is -2.30. The summed E-state index contributed by atoms with van der Waals surface area (Å²) in [6.07, 6.45) is 4.77. The maximum absolute atomic E-state index is 12.0. The Morgan fingerprint density at radius 1 is 1.14 bits per heavy atom. The highest BCUT2D eigenvalue weighted by Crippen LogP contribution is 2.21. The fourth-order valence-corrected chi connectivity index (χ4v) is 3.05. The van der Waals surface area contributed by atoms with Crippen molar-refractivity contribution < 1.29 is 4.79 Å². The molecule has 0 aliphatic heterocycles. The lowest BCUT2D eigenvalue weighted by atomic mass is 9.98. The highest BCUT2D eigenvalue weighted by Gasteiger charge is 2.18. The zero-order valence-corrected chi connectivity index (χ0v) is 14.6. The molecule has 1 unspecified atom stereocenters. The van der Waals surface area contributed by atoms with Gasteiger partial charge >= 0.3 is 0 Å². The van der Waals surface area contributed by atoms with Gasteiger partial charge in [0.15, 0.2) is 0 Å². The fourth-order valence-electron chi connectivity index (χ4n) is 3.05. The van der Waals surface area contributed by atoms with Crippen molar-refractivity contribution in [1.82, 2.24) is 4.90 Å². The molecule has 1 amide bonds. The number of carbonyl (C=O) groups is 1. The smallest absolute Gasteiger partial charge is 0.219 e. The van der Waals surface area contributed by atoms with E-state index >= 15 is 0 Å². The number of nitrogens with zero attached hydrogens (tertiary/aromatic N) is 1. The van der Waals surface area contributed by atoms with E-state index in [-0.39, 0.29) is 5.91 Å². The van der Waals surface area contributed by atoms with Gasteiger partial charge in [-0.25, -0.2) is 0 Å². The van der Waals surface area contributed by atoms with Crippen LogP contribution in [0.2, 0.25) is 0 Å². The molecule has 0 spiro atoms. The summed E-state index contributed by atoms with van der Waals surface area (Å²) in [5.74, 6) is 0.179. The molecule has 0 heterocycles. The summed E-state index contributed by atoms with van der Waals surface area (Å²) in [7, 11) is 0. The second kappa shape index (κ2) is 8.21. The first-order valence-corrected chi connectivity index (χ1v) is 8.20. The van der Waals surface area contributed by atoms with Crippen LogP contribution in [-0.4, -0.2) is 16.8 Å². The second-order valence-electron chi connectivity index (χ2n) is 6.37. The Morgan fingerprint density at radius 3 is 2.19 bits per heavy atom. The maximum atomic E-state index is 12.0. The molecule has 0 aromatic heterocycles. The number of hydrogen-bond acceptors (Lipinski definition) is 1. The van der Waals surface area contributed by atoms with Crippen molar-refractivity contribution >= 4 is 5.91 Å². The van der Waals surface area contributed by atoms with Crippen LogP contribution in [0, 0.1) is 20.8 Å². The second-order valence-corrected chi connectivity index (χ2v) is 6.37. The van der Waals surface area contributed by atoms with Crippen molar-refractivity contribution in [3.05, 3.63) is 34.4 Å². The topological polar surface area (TPSA) is 20.3 Å². The Hall–Kier alpha value is -1.31. The third-order valence-electron chi connectivity index (χ3n) is 4.33. The summed E-state index contributed by atoms with van der Waals surface area (Å²) >= 11 is 0. The molecule has 0 bridgehead atoms. The molecule has 1 aromatic carbocycles. The molecule has 0 aliphatic rings. The molecule has 0 saturated heterocycles. The Balaban J connectivity index is 2.86. The minimum Gasteiger partial charge on any atom is -0.336 e. The van der Waals surface area contributed by atoms with Crippen LogP contribution in [0.1, 0.15) is 68.7 Å². The molecule has 0 aliphatic carbocycles. The monoisotopic (exact) mass is 289 g/mol. The number of aryl methyl sites for hydroxylation is 3. The van der Waals surface area contributed by atoms with Gasteiger partial charge in [-0.2, -0.15) is 0 Å². The minimum atomic E-state index is 0.179. The van der Waals surface area contributed by atoms with E-state index in [1.54, 1.807) is 6.92 Å². The van der Waals surface area contributed by atoms with Gasteiger partial charge in [-0.05, 0) is 50.8 Å². The summed E-state index contributed by atoms with van der Waals surface area (Å²) in [5, 5.41) is 0. The third kappa shape index (κ3) is 5.18. The number of rotatable bonds is 7. The van der Waals surface area contributed by atoms with Crippen molar-refractivity contribution in [3.8, 4) is 0 Å². The van der Waals surface area contributed by atoms with E-state index < -0.39 is 0 Å².